The molecule has 6 nitrogen and oxygen atoms in total. The Hall–Kier alpha value is -1.96. The lowest BCUT2D eigenvalue weighted by molar-refractivity contribution is 0.102. The second kappa shape index (κ2) is 7.73. The van der Waals surface area contributed by atoms with Crippen molar-refractivity contribution in [1.29, 1.82) is 0 Å². The molecule has 3 rings (SSSR count). The molecule has 1 aliphatic rings. The SMILES string of the molecule is C[C@H]1CCCCN1S(=O)(=O)c1ccc(C(=O)Nc2cc(Cl)ccn2)cc1. The van der Waals surface area contributed by atoms with E-state index in [2.05, 4.69) is 10.3 Å². The molecule has 1 saturated heterocycles. The molecule has 1 aromatic carbocycles. The molecule has 1 amide bonds. The van der Waals surface area contributed by atoms with Crippen molar-refractivity contribution in [3.63, 3.8) is 0 Å². The molecule has 0 radical (unpaired) electrons. The molecule has 0 spiro atoms. The minimum absolute atomic E-state index is 0.00868. The van der Waals surface area contributed by atoms with Crippen molar-refractivity contribution in [3.8, 4) is 0 Å². The Morgan fingerprint density at radius 2 is 1.96 bits per heavy atom. The highest BCUT2D eigenvalue weighted by molar-refractivity contribution is 7.89. The molecule has 0 aliphatic carbocycles. The van der Waals surface area contributed by atoms with E-state index >= 15 is 0 Å². The summed E-state index contributed by atoms with van der Waals surface area (Å²) in [5.41, 5.74) is 0.345. The van der Waals surface area contributed by atoms with Gasteiger partial charge in [-0.2, -0.15) is 4.31 Å². The highest BCUT2D eigenvalue weighted by Crippen LogP contribution is 2.25. The molecular weight excluding hydrogens is 374 g/mol. The van der Waals surface area contributed by atoms with Gasteiger partial charge < -0.3 is 5.32 Å². The van der Waals surface area contributed by atoms with E-state index in [-0.39, 0.29) is 16.8 Å². The van der Waals surface area contributed by atoms with E-state index in [1.807, 2.05) is 6.92 Å². The number of carbonyl (C=O) groups excluding carboxylic acids is 1. The number of amides is 1. The van der Waals surface area contributed by atoms with Gasteiger partial charge in [-0.15, -0.1) is 0 Å². The number of rotatable bonds is 4. The average Bonchev–Trinajstić information content (AvgIpc) is 2.62. The fourth-order valence-electron chi connectivity index (χ4n) is 3.00. The highest BCUT2D eigenvalue weighted by atomic mass is 35.5. The number of carbonyl (C=O) groups is 1. The summed E-state index contributed by atoms with van der Waals surface area (Å²) >= 11 is 5.87. The number of anilines is 1. The van der Waals surface area contributed by atoms with Gasteiger partial charge in [0.15, 0.2) is 0 Å². The summed E-state index contributed by atoms with van der Waals surface area (Å²) in [7, 11) is -3.55. The summed E-state index contributed by atoms with van der Waals surface area (Å²) in [5, 5.41) is 3.10. The van der Waals surface area contributed by atoms with Crippen molar-refractivity contribution in [1.82, 2.24) is 9.29 Å². The summed E-state index contributed by atoms with van der Waals surface area (Å²) in [6, 6.07) is 9.08. The number of hydrogen-bond donors (Lipinski definition) is 1. The van der Waals surface area contributed by atoms with Crippen LogP contribution in [0.2, 0.25) is 5.02 Å². The van der Waals surface area contributed by atoms with Crippen LogP contribution in [-0.4, -0.2) is 36.2 Å². The molecular formula is C18H20ClN3O3S. The van der Waals surface area contributed by atoms with Gasteiger partial charge in [0.25, 0.3) is 5.91 Å². The first-order chi connectivity index (χ1) is 12.4. The van der Waals surface area contributed by atoms with E-state index in [1.165, 1.54) is 36.5 Å². The van der Waals surface area contributed by atoms with Gasteiger partial charge in [0.2, 0.25) is 10.0 Å². The van der Waals surface area contributed by atoms with Gasteiger partial charge in [-0.3, -0.25) is 4.79 Å². The number of piperidine rings is 1. The molecule has 1 fully saturated rings. The van der Waals surface area contributed by atoms with E-state index in [0.29, 0.717) is 22.9 Å². The van der Waals surface area contributed by atoms with Crippen LogP contribution in [0.1, 0.15) is 36.5 Å². The Bertz CT molecular complexity index is 900. The number of nitrogens with one attached hydrogen (secondary N) is 1. The Balaban J connectivity index is 1.76. The van der Waals surface area contributed by atoms with Crippen LogP contribution in [0.3, 0.4) is 0 Å². The molecule has 1 N–H and O–H groups in total. The summed E-state index contributed by atoms with van der Waals surface area (Å²) in [4.78, 5) is 16.5. The van der Waals surface area contributed by atoms with Crippen molar-refractivity contribution < 1.29 is 13.2 Å². The maximum atomic E-state index is 12.8. The Morgan fingerprint density at radius 3 is 2.62 bits per heavy atom. The third kappa shape index (κ3) is 4.06. The number of nitrogens with zero attached hydrogens (tertiary/aromatic N) is 2. The molecule has 138 valence electrons. The molecule has 0 saturated carbocycles. The highest BCUT2D eigenvalue weighted by Gasteiger charge is 2.30. The summed E-state index contributed by atoms with van der Waals surface area (Å²) in [5.74, 6) is -0.0450. The van der Waals surface area contributed by atoms with Crippen molar-refractivity contribution in [2.45, 2.75) is 37.1 Å². The van der Waals surface area contributed by atoms with Gasteiger partial charge in [-0.05, 0) is 56.2 Å². The van der Waals surface area contributed by atoms with Crippen LogP contribution in [-0.2, 0) is 10.0 Å². The minimum Gasteiger partial charge on any atom is -0.307 e. The molecule has 1 atom stereocenters. The van der Waals surface area contributed by atoms with Crippen LogP contribution < -0.4 is 5.32 Å². The number of hydrogen-bond acceptors (Lipinski definition) is 4. The number of halogens is 1. The van der Waals surface area contributed by atoms with E-state index in [1.54, 1.807) is 10.4 Å². The predicted molar refractivity (Wildman–Crippen MR) is 101 cm³/mol. The maximum Gasteiger partial charge on any atom is 0.256 e. The van der Waals surface area contributed by atoms with Crippen LogP contribution in [0.15, 0.2) is 47.5 Å². The van der Waals surface area contributed by atoms with Crippen LogP contribution in [0.5, 0.6) is 0 Å². The Morgan fingerprint density at radius 1 is 1.23 bits per heavy atom. The number of benzene rings is 1. The normalized spacial score (nSPS) is 18.5. The van der Waals surface area contributed by atoms with Crippen LogP contribution >= 0.6 is 11.6 Å². The van der Waals surface area contributed by atoms with E-state index in [4.69, 9.17) is 11.6 Å². The number of pyridine rings is 1. The number of sulfonamides is 1. The molecule has 0 bridgehead atoms. The van der Waals surface area contributed by atoms with Gasteiger partial charge in [0.05, 0.1) is 4.90 Å². The molecule has 1 aromatic heterocycles. The summed E-state index contributed by atoms with van der Waals surface area (Å²) in [6.45, 7) is 2.46. The quantitative estimate of drug-likeness (QED) is 0.861. The summed E-state index contributed by atoms with van der Waals surface area (Å²) < 4.78 is 27.2. The van der Waals surface area contributed by atoms with E-state index in [0.717, 1.165) is 19.3 Å². The second-order valence-electron chi connectivity index (χ2n) is 6.30. The van der Waals surface area contributed by atoms with Crippen molar-refractivity contribution in [2.24, 2.45) is 0 Å². The molecule has 0 unspecified atom stereocenters. The lowest BCUT2D eigenvalue weighted by Crippen LogP contribution is -2.41. The second-order valence-corrected chi connectivity index (χ2v) is 8.63. The molecule has 1 aliphatic heterocycles. The van der Waals surface area contributed by atoms with Crippen molar-refractivity contribution in [2.75, 3.05) is 11.9 Å². The van der Waals surface area contributed by atoms with E-state index in [9.17, 15) is 13.2 Å². The zero-order valence-corrected chi connectivity index (χ0v) is 15.9. The Labute approximate surface area is 158 Å². The average molecular weight is 394 g/mol. The number of aromatic nitrogens is 1. The van der Waals surface area contributed by atoms with Gasteiger partial charge in [0, 0.05) is 29.4 Å². The van der Waals surface area contributed by atoms with Gasteiger partial charge in [0.1, 0.15) is 5.82 Å². The van der Waals surface area contributed by atoms with E-state index < -0.39 is 10.0 Å². The van der Waals surface area contributed by atoms with Gasteiger partial charge in [-0.25, -0.2) is 13.4 Å². The topological polar surface area (TPSA) is 79.4 Å². The summed E-state index contributed by atoms with van der Waals surface area (Å²) in [6.07, 6.45) is 4.28. The standard InChI is InChI=1S/C18H20ClN3O3S/c1-13-4-2-3-11-22(13)26(24,25)16-7-5-14(6-8-16)18(23)21-17-12-15(19)9-10-20-17/h5-10,12-13H,2-4,11H2,1H3,(H,20,21,23)/t13-/m0/s1. The molecule has 8 heteroatoms. The Kier molecular flexibility index (Phi) is 5.60. The monoisotopic (exact) mass is 393 g/mol. The first kappa shape index (κ1) is 18.8. The van der Waals surface area contributed by atoms with Gasteiger partial charge in [-0.1, -0.05) is 18.0 Å². The first-order valence-electron chi connectivity index (χ1n) is 8.43. The zero-order valence-electron chi connectivity index (χ0n) is 14.4. The fourth-order valence-corrected chi connectivity index (χ4v) is 4.86. The predicted octanol–water partition coefficient (Wildman–Crippen LogP) is 3.55. The smallest absolute Gasteiger partial charge is 0.256 e. The third-order valence-electron chi connectivity index (χ3n) is 4.43. The van der Waals surface area contributed by atoms with Crippen LogP contribution in [0.4, 0.5) is 5.82 Å². The lowest BCUT2D eigenvalue weighted by atomic mass is 10.1. The molecule has 2 aromatic rings. The minimum atomic E-state index is -3.55. The third-order valence-corrected chi connectivity index (χ3v) is 6.69. The van der Waals surface area contributed by atoms with Crippen molar-refractivity contribution in [3.05, 3.63) is 53.2 Å². The maximum absolute atomic E-state index is 12.8. The van der Waals surface area contributed by atoms with Crippen LogP contribution in [0, 0.1) is 0 Å². The lowest BCUT2D eigenvalue weighted by Gasteiger charge is -2.32. The molecule has 2 heterocycles. The van der Waals surface area contributed by atoms with Gasteiger partial charge >= 0.3 is 0 Å². The fraction of sp³-hybridized carbons (Fsp3) is 0.333. The molecule has 26 heavy (non-hydrogen) atoms. The zero-order chi connectivity index (χ0) is 18.7. The first-order valence-corrected chi connectivity index (χ1v) is 10.2. The van der Waals surface area contributed by atoms with Crippen molar-refractivity contribution >= 4 is 33.3 Å². The van der Waals surface area contributed by atoms with Crippen LogP contribution in [0.25, 0.3) is 0 Å². The largest absolute Gasteiger partial charge is 0.307 e.